The molecule has 21 heavy (non-hydrogen) atoms. The van der Waals surface area contributed by atoms with Crippen molar-refractivity contribution in [3.8, 4) is 5.75 Å². The van der Waals surface area contributed by atoms with E-state index in [4.69, 9.17) is 4.74 Å². The highest BCUT2D eigenvalue weighted by atomic mass is 19.1. The van der Waals surface area contributed by atoms with Gasteiger partial charge in [0.1, 0.15) is 0 Å². The quantitative estimate of drug-likeness (QED) is 0.783. The predicted octanol–water partition coefficient (Wildman–Crippen LogP) is 2.05. The maximum absolute atomic E-state index is 13.3. The van der Waals surface area contributed by atoms with Gasteiger partial charge in [-0.25, -0.2) is 4.39 Å². The molecule has 1 saturated heterocycles. The summed E-state index contributed by atoms with van der Waals surface area (Å²) < 4.78 is 18.7. The number of nitrogens with zero attached hydrogens (tertiary/aromatic N) is 1. The highest BCUT2D eigenvalue weighted by molar-refractivity contribution is 5.76. The van der Waals surface area contributed by atoms with Crippen LogP contribution < -0.4 is 10.1 Å². The summed E-state index contributed by atoms with van der Waals surface area (Å²) in [6.07, 6.45) is 2.14. The Morgan fingerprint density at radius 1 is 1.48 bits per heavy atom. The molecule has 1 fully saturated rings. The number of halogens is 1. The lowest BCUT2D eigenvalue weighted by molar-refractivity contribution is -0.130. The van der Waals surface area contributed by atoms with E-state index < -0.39 is 0 Å². The number of carbonyl (C=O) groups excluding carboxylic acids is 1. The maximum atomic E-state index is 13.3. The average Bonchev–Trinajstić information content (AvgIpc) is 2.94. The Balaban J connectivity index is 1.65. The number of nitrogens with one attached hydrogen (secondary N) is 1. The van der Waals surface area contributed by atoms with E-state index >= 15 is 0 Å². The van der Waals surface area contributed by atoms with E-state index in [0.717, 1.165) is 26.1 Å². The zero-order chi connectivity index (χ0) is 15.1. The summed E-state index contributed by atoms with van der Waals surface area (Å²) >= 11 is 0. The topological polar surface area (TPSA) is 41.6 Å². The van der Waals surface area contributed by atoms with Crippen LogP contribution in [0.25, 0.3) is 0 Å². The first kappa shape index (κ1) is 15.8. The lowest BCUT2D eigenvalue weighted by Crippen LogP contribution is -2.30. The molecule has 1 unspecified atom stereocenters. The molecule has 0 spiro atoms. The van der Waals surface area contributed by atoms with Crippen LogP contribution >= 0.6 is 0 Å². The number of hydrogen-bond acceptors (Lipinski definition) is 3. The minimum Gasteiger partial charge on any atom is -0.491 e. The average molecular weight is 294 g/mol. The summed E-state index contributed by atoms with van der Waals surface area (Å²) in [4.78, 5) is 14.0. The van der Waals surface area contributed by atoms with Crippen molar-refractivity contribution in [2.45, 2.75) is 19.3 Å². The predicted molar refractivity (Wildman–Crippen MR) is 79.7 cm³/mol. The Kier molecular flexibility index (Phi) is 5.99. The van der Waals surface area contributed by atoms with Gasteiger partial charge in [0.2, 0.25) is 5.91 Å². The van der Waals surface area contributed by atoms with Crippen LogP contribution in [0, 0.1) is 11.7 Å². The van der Waals surface area contributed by atoms with Gasteiger partial charge in [0, 0.05) is 19.5 Å². The molecule has 1 aliphatic heterocycles. The van der Waals surface area contributed by atoms with Crippen molar-refractivity contribution in [2.24, 2.45) is 5.92 Å². The lowest BCUT2D eigenvalue weighted by atomic mass is 10.1. The number of hydrogen-bond donors (Lipinski definition) is 1. The molecule has 0 saturated carbocycles. The minimum atomic E-state index is -0.363. The summed E-state index contributed by atoms with van der Waals surface area (Å²) in [6, 6.07) is 6.32. The van der Waals surface area contributed by atoms with Gasteiger partial charge in [-0.1, -0.05) is 12.1 Å². The molecule has 1 atom stereocenters. The Hall–Kier alpha value is -1.62. The number of benzene rings is 1. The van der Waals surface area contributed by atoms with Gasteiger partial charge < -0.3 is 15.0 Å². The summed E-state index contributed by atoms with van der Waals surface area (Å²) in [5, 5.41) is 3.15. The largest absolute Gasteiger partial charge is 0.491 e. The van der Waals surface area contributed by atoms with Crippen LogP contribution in [0.1, 0.15) is 19.3 Å². The molecule has 1 heterocycles. The second-order valence-electron chi connectivity index (χ2n) is 5.43. The normalized spacial score (nSPS) is 18.0. The van der Waals surface area contributed by atoms with Crippen molar-refractivity contribution in [2.75, 3.05) is 33.3 Å². The SMILES string of the molecule is CNCC1CCN(C(=O)CCCOc2ccccc2F)C1. The lowest BCUT2D eigenvalue weighted by Gasteiger charge is -2.16. The van der Waals surface area contributed by atoms with Crippen LogP contribution in [0.5, 0.6) is 5.75 Å². The van der Waals surface area contributed by atoms with Gasteiger partial charge in [0.15, 0.2) is 11.6 Å². The number of amides is 1. The number of likely N-dealkylation sites (tertiary alicyclic amines) is 1. The number of para-hydroxylation sites is 1. The first-order chi connectivity index (χ1) is 10.2. The number of carbonyl (C=O) groups is 1. The third-order valence-electron chi connectivity index (χ3n) is 3.76. The highest BCUT2D eigenvalue weighted by Gasteiger charge is 2.25. The zero-order valence-electron chi connectivity index (χ0n) is 12.5. The molecule has 5 heteroatoms. The van der Waals surface area contributed by atoms with E-state index in [9.17, 15) is 9.18 Å². The fourth-order valence-corrected chi connectivity index (χ4v) is 2.64. The van der Waals surface area contributed by atoms with Gasteiger partial charge in [-0.05, 0) is 44.5 Å². The Bertz CT molecular complexity index is 467. The van der Waals surface area contributed by atoms with Gasteiger partial charge >= 0.3 is 0 Å². The van der Waals surface area contributed by atoms with Crippen molar-refractivity contribution < 1.29 is 13.9 Å². The van der Waals surface area contributed by atoms with E-state index in [1.54, 1.807) is 18.2 Å². The van der Waals surface area contributed by atoms with Crippen LogP contribution in [0.15, 0.2) is 24.3 Å². The monoisotopic (exact) mass is 294 g/mol. The van der Waals surface area contributed by atoms with Gasteiger partial charge in [-0.15, -0.1) is 0 Å². The molecule has 0 aliphatic carbocycles. The molecule has 1 aromatic rings. The summed E-state index contributed by atoms with van der Waals surface area (Å²) in [5.74, 6) is 0.623. The molecule has 4 nitrogen and oxygen atoms in total. The zero-order valence-corrected chi connectivity index (χ0v) is 12.5. The Morgan fingerprint density at radius 2 is 2.29 bits per heavy atom. The number of ether oxygens (including phenoxy) is 1. The van der Waals surface area contributed by atoms with E-state index in [1.165, 1.54) is 6.07 Å². The van der Waals surface area contributed by atoms with Crippen molar-refractivity contribution in [1.82, 2.24) is 10.2 Å². The fraction of sp³-hybridized carbons (Fsp3) is 0.562. The molecular formula is C16H23FN2O2. The van der Waals surface area contributed by atoms with Crippen molar-refractivity contribution >= 4 is 5.91 Å². The summed E-state index contributed by atoms with van der Waals surface area (Å²) in [5.41, 5.74) is 0. The van der Waals surface area contributed by atoms with Crippen molar-refractivity contribution in [3.05, 3.63) is 30.1 Å². The van der Waals surface area contributed by atoms with Crippen molar-refractivity contribution in [3.63, 3.8) is 0 Å². The van der Waals surface area contributed by atoms with Crippen LogP contribution in [-0.4, -0.2) is 44.1 Å². The van der Waals surface area contributed by atoms with E-state index in [-0.39, 0.29) is 17.5 Å². The molecule has 0 bridgehead atoms. The molecule has 2 rings (SSSR count). The molecule has 1 amide bonds. The standard InChI is InChI=1S/C16H23FN2O2/c1-18-11-13-8-9-19(12-13)16(20)7-4-10-21-15-6-3-2-5-14(15)17/h2-3,5-6,13,18H,4,7-12H2,1H3. The fourth-order valence-electron chi connectivity index (χ4n) is 2.64. The van der Waals surface area contributed by atoms with Gasteiger partial charge in [0.05, 0.1) is 6.61 Å². The molecule has 1 aliphatic rings. The van der Waals surface area contributed by atoms with Gasteiger partial charge in [0.25, 0.3) is 0 Å². The first-order valence-electron chi connectivity index (χ1n) is 7.50. The van der Waals surface area contributed by atoms with Gasteiger partial charge in [-0.3, -0.25) is 4.79 Å². The summed E-state index contributed by atoms with van der Waals surface area (Å²) in [7, 11) is 1.94. The van der Waals surface area contributed by atoms with Crippen LogP contribution in [0.2, 0.25) is 0 Å². The third-order valence-corrected chi connectivity index (χ3v) is 3.76. The third kappa shape index (κ3) is 4.70. The molecule has 1 aromatic carbocycles. The molecular weight excluding hydrogens is 271 g/mol. The molecule has 0 aromatic heterocycles. The maximum Gasteiger partial charge on any atom is 0.222 e. The van der Waals surface area contributed by atoms with E-state index in [0.29, 0.717) is 25.4 Å². The highest BCUT2D eigenvalue weighted by Crippen LogP contribution is 2.18. The Labute approximate surface area is 125 Å². The first-order valence-corrected chi connectivity index (χ1v) is 7.50. The molecule has 1 N–H and O–H groups in total. The minimum absolute atomic E-state index is 0.172. The van der Waals surface area contributed by atoms with Crippen LogP contribution in [0.4, 0.5) is 4.39 Å². The van der Waals surface area contributed by atoms with Crippen LogP contribution in [0.3, 0.4) is 0 Å². The smallest absolute Gasteiger partial charge is 0.222 e. The Morgan fingerprint density at radius 3 is 3.05 bits per heavy atom. The van der Waals surface area contributed by atoms with Crippen molar-refractivity contribution in [1.29, 1.82) is 0 Å². The van der Waals surface area contributed by atoms with Gasteiger partial charge in [-0.2, -0.15) is 0 Å². The molecule has 0 radical (unpaired) electrons. The van der Waals surface area contributed by atoms with E-state index in [2.05, 4.69) is 5.32 Å². The van der Waals surface area contributed by atoms with E-state index in [1.807, 2.05) is 11.9 Å². The summed E-state index contributed by atoms with van der Waals surface area (Å²) in [6.45, 7) is 3.01. The second kappa shape index (κ2) is 7.98. The van der Waals surface area contributed by atoms with Crippen LogP contribution in [-0.2, 0) is 4.79 Å². The second-order valence-corrected chi connectivity index (χ2v) is 5.43. The number of rotatable bonds is 7. The molecule has 116 valence electrons.